The Morgan fingerprint density at radius 3 is 2.20 bits per heavy atom. The van der Waals surface area contributed by atoms with Gasteiger partial charge in [-0.05, 0) is 30.0 Å². The fraction of sp³-hybridized carbons (Fsp3) is 0.545. The van der Waals surface area contributed by atoms with Crippen molar-refractivity contribution in [1.29, 1.82) is 0 Å². The molecule has 0 aliphatic carbocycles. The van der Waals surface area contributed by atoms with Crippen molar-refractivity contribution in [2.24, 2.45) is 5.73 Å². The summed E-state index contributed by atoms with van der Waals surface area (Å²) in [5, 5.41) is 0. The summed E-state index contributed by atoms with van der Waals surface area (Å²) in [5.41, 5.74) is 8.19. The fourth-order valence-corrected chi connectivity index (χ4v) is 1.16. The monoisotopic (exact) mass is 250 g/mol. The van der Waals surface area contributed by atoms with Crippen molar-refractivity contribution in [3.63, 3.8) is 0 Å². The van der Waals surface area contributed by atoms with Crippen LogP contribution in [0.3, 0.4) is 0 Å². The molecule has 1 aromatic heterocycles. The van der Waals surface area contributed by atoms with Gasteiger partial charge in [0.25, 0.3) is 0 Å². The Labute approximate surface area is 104 Å². The van der Waals surface area contributed by atoms with Crippen molar-refractivity contribution in [3.05, 3.63) is 29.6 Å². The third-order valence-corrected chi connectivity index (χ3v) is 2.11. The second kappa shape index (κ2) is 6.31. The van der Waals surface area contributed by atoms with Gasteiger partial charge in [-0.15, -0.1) is 24.8 Å². The highest BCUT2D eigenvalue weighted by Crippen LogP contribution is 2.23. The Hall–Kier alpha value is -0.310. The average Bonchev–Trinajstić information content (AvgIpc) is 2.03. The molecule has 0 aliphatic rings. The first kappa shape index (κ1) is 17.1. The molecule has 0 amide bonds. The van der Waals surface area contributed by atoms with Crippen molar-refractivity contribution in [3.8, 4) is 0 Å². The van der Waals surface area contributed by atoms with Crippen LogP contribution in [0.5, 0.6) is 0 Å². The molecule has 0 saturated heterocycles. The molecule has 4 heteroatoms. The van der Waals surface area contributed by atoms with Crippen LogP contribution < -0.4 is 5.73 Å². The van der Waals surface area contributed by atoms with E-state index in [0.717, 1.165) is 5.69 Å². The van der Waals surface area contributed by atoms with E-state index in [0.29, 0.717) is 0 Å². The third-order valence-electron chi connectivity index (χ3n) is 2.11. The molecule has 1 heterocycles. The van der Waals surface area contributed by atoms with Gasteiger partial charge in [0.15, 0.2) is 0 Å². The quantitative estimate of drug-likeness (QED) is 0.832. The zero-order chi connectivity index (χ0) is 10.1. The minimum atomic E-state index is 0. The number of hydrogen-bond donors (Lipinski definition) is 1. The van der Waals surface area contributed by atoms with Crippen LogP contribution in [-0.2, 0) is 5.41 Å². The van der Waals surface area contributed by atoms with Gasteiger partial charge in [0.05, 0.1) is 5.69 Å². The van der Waals surface area contributed by atoms with Gasteiger partial charge in [-0.3, -0.25) is 4.98 Å². The summed E-state index contributed by atoms with van der Waals surface area (Å²) in [6.07, 6.45) is 1.83. The number of halogens is 2. The third kappa shape index (κ3) is 4.83. The van der Waals surface area contributed by atoms with Crippen molar-refractivity contribution < 1.29 is 0 Å². The highest BCUT2D eigenvalue weighted by molar-refractivity contribution is 5.85. The molecule has 0 aromatic carbocycles. The molecular weight excluding hydrogens is 231 g/mol. The minimum Gasteiger partial charge on any atom is -0.323 e. The zero-order valence-corrected chi connectivity index (χ0v) is 11.3. The molecule has 15 heavy (non-hydrogen) atoms. The smallest absolute Gasteiger partial charge is 0.0571 e. The molecule has 1 unspecified atom stereocenters. The maximum Gasteiger partial charge on any atom is 0.0571 e. The SMILES string of the molecule is CC(N)c1cc(C(C)(C)C)ccn1.Cl.Cl. The van der Waals surface area contributed by atoms with E-state index in [1.54, 1.807) is 0 Å². The first-order valence-electron chi connectivity index (χ1n) is 4.63. The lowest BCUT2D eigenvalue weighted by Gasteiger charge is -2.19. The Bertz CT molecular complexity index is 293. The molecule has 2 N–H and O–H groups in total. The lowest BCUT2D eigenvalue weighted by atomic mass is 9.87. The van der Waals surface area contributed by atoms with Crippen LogP contribution in [0.2, 0.25) is 0 Å². The molecule has 0 radical (unpaired) electrons. The van der Waals surface area contributed by atoms with E-state index in [-0.39, 0.29) is 36.3 Å². The van der Waals surface area contributed by atoms with Crippen molar-refractivity contribution in [2.45, 2.75) is 39.2 Å². The summed E-state index contributed by atoms with van der Waals surface area (Å²) in [6, 6.07) is 4.15. The maximum absolute atomic E-state index is 5.76. The highest BCUT2D eigenvalue weighted by Gasteiger charge is 2.14. The lowest BCUT2D eigenvalue weighted by molar-refractivity contribution is 0.586. The first-order chi connectivity index (χ1) is 5.91. The molecule has 0 fully saturated rings. The zero-order valence-electron chi connectivity index (χ0n) is 9.65. The summed E-state index contributed by atoms with van der Waals surface area (Å²) < 4.78 is 0. The van der Waals surface area contributed by atoms with E-state index >= 15 is 0 Å². The normalized spacial score (nSPS) is 12.3. The first-order valence-corrected chi connectivity index (χ1v) is 4.63. The number of rotatable bonds is 1. The van der Waals surface area contributed by atoms with Gasteiger partial charge in [-0.1, -0.05) is 20.8 Å². The number of pyridine rings is 1. The number of aromatic nitrogens is 1. The Balaban J connectivity index is 0. The van der Waals surface area contributed by atoms with Gasteiger partial charge in [-0.2, -0.15) is 0 Å². The molecule has 2 nitrogen and oxygen atoms in total. The Morgan fingerprint density at radius 1 is 1.27 bits per heavy atom. The van der Waals surface area contributed by atoms with E-state index in [9.17, 15) is 0 Å². The van der Waals surface area contributed by atoms with Crippen LogP contribution in [0, 0.1) is 0 Å². The Kier molecular flexibility index (Phi) is 7.19. The molecule has 0 aliphatic heterocycles. The van der Waals surface area contributed by atoms with Crippen LogP contribution >= 0.6 is 24.8 Å². The summed E-state index contributed by atoms with van der Waals surface area (Å²) >= 11 is 0. The van der Waals surface area contributed by atoms with E-state index in [2.05, 4.69) is 31.8 Å². The van der Waals surface area contributed by atoms with E-state index in [1.807, 2.05) is 19.2 Å². The van der Waals surface area contributed by atoms with Gasteiger partial charge < -0.3 is 5.73 Å². The molecule has 1 rings (SSSR count). The summed E-state index contributed by atoms with van der Waals surface area (Å²) in [4.78, 5) is 4.23. The van der Waals surface area contributed by atoms with Gasteiger partial charge >= 0.3 is 0 Å². The van der Waals surface area contributed by atoms with Crippen molar-refractivity contribution >= 4 is 24.8 Å². The summed E-state index contributed by atoms with van der Waals surface area (Å²) in [7, 11) is 0. The number of hydrogen-bond acceptors (Lipinski definition) is 2. The molecule has 1 atom stereocenters. The molecular formula is C11H20Cl2N2. The molecule has 0 spiro atoms. The van der Waals surface area contributed by atoms with Gasteiger partial charge in [-0.25, -0.2) is 0 Å². The predicted molar refractivity (Wildman–Crippen MR) is 70.0 cm³/mol. The van der Waals surface area contributed by atoms with Gasteiger partial charge in [0.2, 0.25) is 0 Å². The molecule has 1 aromatic rings. The van der Waals surface area contributed by atoms with E-state index in [4.69, 9.17) is 5.73 Å². The molecule has 0 bridgehead atoms. The van der Waals surface area contributed by atoms with Crippen molar-refractivity contribution in [1.82, 2.24) is 4.98 Å². The largest absolute Gasteiger partial charge is 0.323 e. The van der Waals surface area contributed by atoms with Crippen molar-refractivity contribution in [2.75, 3.05) is 0 Å². The minimum absolute atomic E-state index is 0. The van der Waals surface area contributed by atoms with Gasteiger partial charge in [0.1, 0.15) is 0 Å². The van der Waals surface area contributed by atoms with Crippen LogP contribution in [0.15, 0.2) is 18.3 Å². The van der Waals surface area contributed by atoms with E-state index < -0.39 is 0 Å². The predicted octanol–water partition coefficient (Wildman–Crippen LogP) is 3.24. The number of nitrogens with two attached hydrogens (primary N) is 1. The Morgan fingerprint density at radius 2 is 1.80 bits per heavy atom. The lowest BCUT2D eigenvalue weighted by Crippen LogP contribution is -2.14. The summed E-state index contributed by atoms with van der Waals surface area (Å²) in [6.45, 7) is 8.52. The number of nitrogens with zero attached hydrogens (tertiary/aromatic N) is 1. The molecule has 88 valence electrons. The highest BCUT2D eigenvalue weighted by atomic mass is 35.5. The van der Waals surface area contributed by atoms with Gasteiger partial charge in [0, 0.05) is 12.2 Å². The fourth-order valence-electron chi connectivity index (χ4n) is 1.16. The second-order valence-electron chi connectivity index (χ2n) is 4.51. The molecule has 0 saturated carbocycles. The van der Waals surface area contributed by atoms with Crippen LogP contribution in [-0.4, -0.2) is 4.98 Å². The second-order valence-corrected chi connectivity index (χ2v) is 4.51. The topological polar surface area (TPSA) is 38.9 Å². The van der Waals surface area contributed by atoms with Crippen LogP contribution in [0.4, 0.5) is 0 Å². The average molecular weight is 251 g/mol. The maximum atomic E-state index is 5.76. The van der Waals surface area contributed by atoms with E-state index in [1.165, 1.54) is 5.56 Å². The standard InChI is InChI=1S/C11H18N2.2ClH/c1-8(12)10-7-9(5-6-13-10)11(2,3)4;;/h5-8H,12H2,1-4H3;2*1H. The summed E-state index contributed by atoms with van der Waals surface area (Å²) in [5.74, 6) is 0. The van der Waals surface area contributed by atoms with Crippen LogP contribution in [0.1, 0.15) is 45.0 Å². The van der Waals surface area contributed by atoms with Crippen LogP contribution in [0.25, 0.3) is 0 Å².